The quantitative estimate of drug-likeness (QED) is 0.244. The van der Waals surface area contributed by atoms with E-state index < -0.39 is 29.3 Å². The van der Waals surface area contributed by atoms with Crippen LogP contribution in [0.5, 0.6) is 5.75 Å². The van der Waals surface area contributed by atoms with Gasteiger partial charge in [-0.25, -0.2) is 0 Å². The third kappa shape index (κ3) is 4.83. The van der Waals surface area contributed by atoms with Crippen molar-refractivity contribution < 1.29 is 83.5 Å². The number of hydrogen-bond donors (Lipinski definition) is 1. The summed E-state index contributed by atoms with van der Waals surface area (Å²) in [5.41, 5.74) is -0.811. The Hall–Kier alpha value is 0.570. The van der Waals surface area contributed by atoms with E-state index in [-0.39, 0.29) is 59.1 Å². The van der Waals surface area contributed by atoms with Crippen LogP contribution >= 0.6 is 7.60 Å². The monoisotopic (exact) mass is 263 g/mol. The number of phenolic OH excluding ortho intramolecular Hbond substituents is 1. The smallest absolute Gasteiger partial charge is 0.807 e. The first-order valence-corrected chi connectivity index (χ1v) is 4.86. The molecule has 1 rings (SSSR count). The largest absolute Gasteiger partial charge is 1.00 e. The number of aromatic hydroxyl groups is 1. The molecule has 10 heteroatoms. The molecule has 0 aromatic heterocycles. The summed E-state index contributed by atoms with van der Waals surface area (Å²) in [6.45, 7) is 0. The van der Waals surface area contributed by atoms with Crippen LogP contribution in [0.25, 0.3) is 0 Å². The summed E-state index contributed by atoms with van der Waals surface area (Å²) in [5, 5.41) is 18.5. The Balaban J connectivity index is 0. The van der Waals surface area contributed by atoms with E-state index in [4.69, 9.17) is 5.11 Å². The van der Waals surface area contributed by atoms with Crippen LogP contribution in [-0.2, 0) is 4.57 Å². The third-order valence-corrected chi connectivity index (χ3v) is 2.38. The van der Waals surface area contributed by atoms with E-state index in [0.717, 1.165) is 12.1 Å². The molecule has 0 heterocycles. The number of rotatable bonds is 2. The maximum atomic E-state index is 10.5. The second-order valence-electron chi connectivity index (χ2n) is 2.43. The van der Waals surface area contributed by atoms with Gasteiger partial charge in [-0.3, -0.25) is 10.1 Å². The normalized spacial score (nSPS) is 9.88. The molecule has 0 aliphatic rings. The van der Waals surface area contributed by atoms with Crippen molar-refractivity contribution >= 4 is 18.6 Å². The van der Waals surface area contributed by atoms with E-state index in [1.807, 2.05) is 0 Å². The summed E-state index contributed by atoms with van der Waals surface area (Å²) in [5.74, 6) is -0.688. The number of nitrogens with zero attached hydrogens (tertiary/aromatic N) is 1. The zero-order chi connectivity index (χ0) is 10.9. The van der Waals surface area contributed by atoms with Gasteiger partial charge in [-0.15, -0.1) is 0 Å². The Morgan fingerprint density at radius 1 is 1.25 bits per heavy atom. The molecule has 0 unspecified atom stereocenters. The molecule has 0 fully saturated rings. The molecule has 16 heavy (non-hydrogen) atoms. The minimum atomic E-state index is -5.02. The summed E-state index contributed by atoms with van der Waals surface area (Å²) in [6.07, 6.45) is 0. The third-order valence-electron chi connectivity index (χ3n) is 1.47. The zero-order valence-corrected chi connectivity index (χ0v) is 13.5. The number of benzene rings is 1. The Labute approximate surface area is 135 Å². The SMILES string of the molecule is O=[N+]([O-])c1cc(P(=O)([O-])[O-])ccc1O.[Na+].[Na+]. The first-order chi connectivity index (χ1) is 6.32. The molecule has 1 N–H and O–H groups in total. The van der Waals surface area contributed by atoms with Crippen molar-refractivity contribution in [1.82, 2.24) is 0 Å². The average Bonchev–Trinajstić information content (AvgIpc) is 2.02. The fourth-order valence-corrected chi connectivity index (χ4v) is 1.37. The van der Waals surface area contributed by atoms with E-state index >= 15 is 0 Å². The van der Waals surface area contributed by atoms with Crippen LogP contribution in [0.4, 0.5) is 5.69 Å². The van der Waals surface area contributed by atoms with Gasteiger partial charge in [-0.2, -0.15) is 0 Å². The predicted octanol–water partition coefficient (Wildman–Crippen LogP) is -7.15. The van der Waals surface area contributed by atoms with Gasteiger partial charge in [0.05, 0.1) is 4.92 Å². The fourth-order valence-electron chi connectivity index (χ4n) is 0.828. The van der Waals surface area contributed by atoms with Gasteiger partial charge in [0.25, 0.3) is 0 Å². The molecule has 0 aliphatic heterocycles. The summed E-state index contributed by atoms with van der Waals surface area (Å²) < 4.78 is 10.5. The summed E-state index contributed by atoms with van der Waals surface area (Å²) in [7, 11) is -5.02. The molecule has 0 amide bonds. The van der Waals surface area contributed by atoms with Crippen molar-refractivity contribution in [3.8, 4) is 5.75 Å². The summed E-state index contributed by atoms with van der Waals surface area (Å²) >= 11 is 0. The molecule has 7 nitrogen and oxygen atoms in total. The first kappa shape index (κ1) is 18.9. The van der Waals surface area contributed by atoms with Gasteiger partial charge >= 0.3 is 64.8 Å². The van der Waals surface area contributed by atoms with Crippen LogP contribution in [0.3, 0.4) is 0 Å². The minimum Gasteiger partial charge on any atom is -0.807 e. The van der Waals surface area contributed by atoms with Gasteiger partial charge < -0.3 is 19.5 Å². The van der Waals surface area contributed by atoms with Gasteiger partial charge in [0.15, 0.2) is 5.75 Å². The van der Waals surface area contributed by atoms with E-state index in [2.05, 4.69) is 0 Å². The van der Waals surface area contributed by atoms with Crippen LogP contribution in [0.15, 0.2) is 18.2 Å². The molecule has 0 bridgehead atoms. The van der Waals surface area contributed by atoms with Gasteiger partial charge in [-0.1, -0.05) is 0 Å². The molecule has 0 saturated carbocycles. The van der Waals surface area contributed by atoms with Gasteiger partial charge in [0.2, 0.25) is 0 Å². The van der Waals surface area contributed by atoms with Crippen LogP contribution in [0.1, 0.15) is 0 Å². The van der Waals surface area contributed by atoms with Crippen molar-refractivity contribution in [2.75, 3.05) is 0 Å². The van der Waals surface area contributed by atoms with E-state index in [1.54, 1.807) is 0 Å². The molecule has 0 atom stereocenters. The van der Waals surface area contributed by atoms with Crippen molar-refractivity contribution in [1.29, 1.82) is 0 Å². The number of hydrogen-bond acceptors (Lipinski definition) is 6. The van der Waals surface area contributed by atoms with Crippen molar-refractivity contribution in [2.45, 2.75) is 0 Å². The fraction of sp³-hybridized carbons (Fsp3) is 0. The molecular formula is C6H4NNa2O6P. The summed E-state index contributed by atoms with van der Waals surface area (Å²) in [6, 6.07) is 2.12. The topological polar surface area (TPSA) is 127 Å². The van der Waals surface area contributed by atoms with E-state index in [9.17, 15) is 24.5 Å². The summed E-state index contributed by atoms with van der Waals surface area (Å²) in [4.78, 5) is 30.2. The molecule has 76 valence electrons. The van der Waals surface area contributed by atoms with Gasteiger partial charge in [-0.05, 0) is 25.0 Å². The molecule has 0 radical (unpaired) electrons. The number of nitro benzene ring substituents is 1. The first-order valence-electron chi connectivity index (χ1n) is 3.32. The Morgan fingerprint density at radius 2 is 1.75 bits per heavy atom. The van der Waals surface area contributed by atoms with E-state index in [0.29, 0.717) is 6.07 Å². The van der Waals surface area contributed by atoms with Gasteiger partial charge in [0.1, 0.15) is 0 Å². The molecular weight excluding hydrogens is 259 g/mol. The zero-order valence-electron chi connectivity index (χ0n) is 8.61. The van der Waals surface area contributed by atoms with Crippen LogP contribution < -0.4 is 74.2 Å². The number of nitro groups is 1. The van der Waals surface area contributed by atoms with Gasteiger partial charge in [0, 0.05) is 6.07 Å². The van der Waals surface area contributed by atoms with E-state index in [1.165, 1.54) is 0 Å². The molecule has 0 saturated heterocycles. The van der Waals surface area contributed by atoms with Crippen LogP contribution in [0, 0.1) is 10.1 Å². The van der Waals surface area contributed by atoms with Crippen LogP contribution in [-0.4, -0.2) is 10.0 Å². The molecule has 1 aromatic rings. The van der Waals surface area contributed by atoms with Crippen molar-refractivity contribution in [3.63, 3.8) is 0 Å². The average molecular weight is 263 g/mol. The van der Waals surface area contributed by atoms with Crippen molar-refractivity contribution in [2.24, 2.45) is 0 Å². The Kier molecular flexibility index (Phi) is 8.40. The Bertz CT molecular complexity index is 433. The predicted molar refractivity (Wildman–Crippen MR) is 42.0 cm³/mol. The second-order valence-corrected chi connectivity index (χ2v) is 3.94. The molecule has 0 aliphatic carbocycles. The number of phenols is 1. The maximum absolute atomic E-state index is 10.5. The van der Waals surface area contributed by atoms with Crippen LogP contribution in [0.2, 0.25) is 0 Å². The maximum Gasteiger partial charge on any atom is 1.00 e. The minimum absolute atomic E-state index is 0. The van der Waals surface area contributed by atoms with Crippen molar-refractivity contribution in [3.05, 3.63) is 28.3 Å². The molecule has 0 spiro atoms. The molecule has 1 aromatic carbocycles. The second kappa shape index (κ2) is 7.10. The Morgan fingerprint density at radius 3 is 2.12 bits per heavy atom. The standard InChI is InChI=1S/C6H6NO6P.2Na/c8-6-2-1-4(14(11,12)13)3-5(6)7(9)10;;/h1-3,8H,(H2,11,12,13);;/q;2*+1/p-2.